The van der Waals surface area contributed by atoms with E-state index in [0.29, 0.717) is 31.5 Å². The number of nitrogens with zero attached hydrogens (tertiary/aromatic N) is 1. The normalized spacial score (nSPS) is 30.7. The lowest BCUT2D eigenvalue weighted by molar-refractivity contribution is -0.139. The highest BCUT2D eigenvalue weighted by Gasteiger charge is 2.24. The van der Waals surface area contributed by atoms with Crippen LogP contribution in [0.2, 0.25) is 0 Å². The monoisotopic (exact) mass is 226 g/mol. The van der Waals surface area contributed by atoms with E-state index in [2.05, 4.69) is 12.2 Å². The summed E-state index contributed by atoms with van der Waals surface area (Å²) < 4.78 is 5.34. The fraction of sp³-hybridized carbons (Fsp3) is 0.917. The molecule has 0 radical (unpaired) electrons. The number of hydrogen-bond acceptors (Lipinski definition) is 3. The maximum Gasteiger partial charge on any atom is 0.222 e. The third-order valence-corrected chi connectivity index (χ3v) is 3.62. The molecular weight excluding hydrogens is 204 g/mol. The van der Waals surface area contributed by atoms with Crippen LogP contribution in [-0.4, -0.2) is 49.7 Å². The van der Waals surface area contributed by atoms with Gasteiger partial charge >= 0.3 is 0 Å². The first kappa shape index (κ1) is 11.9. The van der Waals surface area contributed by atoms with E-state index >= 15 is 0 Å². The zero-order valence-electron chi connectivity index (χ0n) is 10.1. The van der Waals surface area contributed by atoms with Gasteiger partial charge in [-0.1, -0.05) is 0 Å². The molecule has 2 aliphatic heterocycles. The van der Waals surface area contributed by atoms with E-state index in [1.54, 1.807) is 0 Å². The van der Waals surface area contributed by atoms with Gasteiger partial charge in [-0.25, -0.2) is 0 Å². The number of ether oxygens (including phenoxy) is 1. The molecule has 2 aliphatic rings. The van der Waals surface area contributed by atoms with E-state index in [0.717, 1.165) is 26.1 Å². The minimum absolute atomic E-state index is 0.253. The minimum atomic E-state index is 0.253. The molecule has 1 amide bonds. The molecule has 2 heterocycles. The van der Waals surface area contributed by atoms with Gasteiger partial charge in [-0.15, -0.1) is 0 Å². The van der Waals surface area contributed by atoms with Crippen LogP contribution in [0.15, 0.2) is 0 Å². The molecule has 0 aliphatic carbocycles. The van der Waals surface area contributed by atoms with E-state index in [9.17, 15) is 4.79 Å². The lowest BCUT2D eigenvalue weighted by atomic mass is 10.0. The second kappa shape index (κ2) is 5.64. The van der Waals surface area contributed by atoms with Crippen LogP contribution in [0, 0.1) is 5.92 Å². The summed E-state index contributed by atoms with van der Waals surface area (Å²) in [6.45, 7) is 6.42. The zero-order chi connectivity index (χ0) is 11.4. The summed E-state index contributed by atoms with van der Waals surface area (Å²) in [5.74, 6) is 1.02. The van der Waals surface area contributed by atoms with Crippen molar-refractivity contribution in [1.29, 1.82) is 0 Å². The van der Waals surface area contributed by atoms with Gasteiger partial charge in [-0.05, 0) is 38.8 Å². The third kappa shape index (κ3) is 2.95. The highest BCUT2D eigenvalue weighted by molar-refractivity contribution is 5.76. The first-order valence-electron chi connectivity index (χ1n) is 6.35. The number of carbonyl (C=O) groups excluding carboxylic acids is 1. The number of carbonyl (C=O) groups is 1. The van der Waals surface area contributed by atoms with E-state index < -0.39 is 0 Å². The number of amides is 1. The number of nitrogens with one attached hydrogen (secondary N) is 1. The quantitative estimate of drug-likeness (QED) is 0.767. The van der Waals surface area contributed by atoms with Crippen LogP contribution in [0.1, 0.15) is 26.2 Å². The Hall–Kier alpha value is -0.610. The minimum Gasteiger partial charge on any atom is -0.377 e. The second-order valence-electron chi connectivity index (χ2n) is 4.91. The molecule has 0 spiro atoms. The van der Waals surface area contributed by atoms with Gasteiger partial charge in [0, 0.05) is 13.0 Å². The Morgan fingerprint density at radius 2 is 2.44 bits per heavy atom. The molecule has 2 rings (SSSR count). The largest absolute Gasteiger partial charge is 0.377 e. The first-order chi connectivity index (χ1) is 7.77. The highest BCUT2D eigenvalue weighted by Crippen LogP contribution is 2.16. The lowest BCUT2D eigenvalue weighted by Gasteiger charge is -2.33. The van der Waals surface area contributed by atoms with Crippen molar-refractivity contribution in [3.05, 3.63) is 0 Å². The van der Waals surface area contributed by atoms with Gasteiger partial charge in [0.25, 0.3) is 0 Å². The van der Waals surface area contributed by atoms with Crippen molar-refractivity contribution >= 4 is 5.91 Å². The van der Waals surface area contributed by atoms with Gasteiger partial charge < -0.3 is 15.0 Å². The van der Waals surface area contributed by atoms with Crippen molar-refractivity contribution < 1.29 is 9.53 Å². The molecule has 0 aromatic heterocycles. The molecular formula is C12H22N2O2. The Morgan fingerprint density at radius 1 is 1.56 bits per heavy atom. The number of hydrogen-bond donors (Lipinski definition) is 1. The molecule has 0 aromatic carbocycles. The van der Waals surface area contributed by atoms with Crippen LogP contribution in [0.5, 0.6) is 0 Å². The van der Waals surface area contributed by atoms with Crippen LogP contribution >= 0.6 is 0 Å². The smallest absolute Gasteiger partial charge is 0.222 e. The Bertz CT molecular complexity index is 239. The van der Waals surface area contributed by atoms with E-state index in [4.69, 9.17) is 4.74 Å². The van der Waals surface area contributed by atoms with Crippen LogP contribution in [0.3, 0.4) is 0 Å². The van der Waals surface area contributed by atoms with Crippen molar-refractivity contribution in [2.24, 2.45) is 5.92 Å². The van der Waals surface area contributed by atoms with Gasteiger partial charge in [-0.3, -0.25) is 4.79 Å². The fourth-order valence-corrected chi connectivity index (χ4v) is 2.53. The van der Waals surface area contributed by atoms with Crippen molar-refractivity contribution in [1.82, 2.24) is 10.2 Å². The lowest BCUT2D eigenvalue weighted by Crippen LogP contribution is -2.47. The van der Waals surface area contributed by atoms with Crippen molar-refractivity contribution in [2.75, 3.05) is 32.8 Å². The van der Waals surface area contributed by atoms with E-state index in [-0.39, 0.29) is 6.04 Å². The maximum absolute atomic E-state index is 12.0. The summed E-state index contributed by atoms with van der Waals surface area (Å²) in [5, 5.41) is 3.34. The Morgan fingerprint density at radius 3 is 3.12 bits per heavy atom. The van der Waals surface area contributed by atoms with Gasteiger partial charge in [0.15, 0.2) is 0 Å². The van der Waals surface area contributed by atoms with Crippen LogP contribution in [0.25, 0.3) is 0 Å². The predicted octanol–water partition coefficient (Wildman–Crippen LogP) is 0.623. The van der Waals surface area contributed by atoms with Crippen molar-refractivity contribution in [3.63, 3.8) is 0 Å². The van der Waals surface area contributed by atoms with Gasteiger partial charge in [0.1, 0.15) is 0 Å². The predicted molar refractivity (Wildman–Crippen MR) is 62.2 cm³/mol. The average Bonchev–Trinajstić information content (AvgIpc) is 2.79. The zero-order valence-corrected chi connectivity index (χ0v) is 10.1. The maximum atomic E-state index is 12.0. The SMILES string of the molecule is CC1COCCN1C(=O)CCC1CCNC1. The Kier molecular flexibility index (Phi) is 4.18. The highest BCUT2D eigenvalue weighted by atomic mass is 16.5. The molecule has 0 bridgehead atoms. The summed E-state index contributed by atoms with van der Waals surface area (Å²) in [4.78, 5) is 14.0. The molecule has 0 aromatic rings. The summed E-state index contributed by atoms with van der Waals surface area (Å²) in [7, 11) is 0. The standard InChI is InChI=1S/C12H22N2O2/c1-10-9-16-7-6-14(10)12(15)3-2-11-4-5-13-8-11/h10-11,13H,2-9H2,1H3. The summed E-state index contributed by atoms with van der Waals surface area (Å²) in [5.41, 5.74) is 0. The molecule has 2 atom stereocenters. The molecule has 2 fully saturated rings. The van der Waals surface area contributed by atoms with Crippen molar-refractivity contribution in [3.8, 4) is 0 Å². The topological polar surface area (TPSA) is 41.6 Å². The molecule has 16 heavy (non-hydrogen) atoms. The number of morpholine rings is 1. The summed E-state index contributed by atoms with van der Waals surface area (Å²) in [6.07, 6.45) is 2.97. The Balaban J connectivity index is 1.73. The fourth-order valence-electron chi connectivity index (χ4n) is 2.53. The molecule has 2 unspecified atom stereocenters. The molecule has 0 saturated carbocycles. The van der Waals surface area contributed by atoms with Gasteiger partial charge in [0.05, 0.1) is 19.3 Å². The average molecular weight is 226 g/mol. The number of rotatable bonds is 3. The van der Waals surface area contributed by atoms with Crippen LogP contribution in [0.4, 0.5) is 0 Å². The molecule has 4 nitrogen and oxygen atoms in total. The molecule has 2 saturated heterocycles. The van der Waals surface area contributed by atoms with Crippen LogP contribution < -0.4 is 5.32 Å². The van der Waals surface area contributed by atoms with Gasteiger partial charge in [-0.2, -0.15) is 0 Å². The molecule has 92 valence electrons. The summed E-state index contributed by atoms with van der Waals surface area (Å²) in [6, 6.07) is 0.253. The van der Waals surface area contributed by atoms with E-state index in [1.165, 1.54) is 6.42 Å². The second-order valence-corrected chi connectivity index (χ2v) is 4.91. The van der Waals surface area contributed by atoms with Crippen LogP contribution in [-0.2, 0) is 9.53 Å². The molecule has 4 heteroatoms. The molecule has 1 N–H and O–H groups in total. The Labute approximate surface area is 97.3 Å². The third-order valence-electron chi connectivity index (χ3n) is 3.62. The van der Waals surface area contributed by atoms with E-state index in [1.807, 2.05) is 4.90 Å². The summed E-state index contributed by atoms with van der Waals surface area (Å²) >= 11 is 0. The van der Waals surface area contributed by atoms with Crippen molar-refractivity contribution in [2.45, 2.75) is 32.2 Å². The van der Waals surface area contributed by atoms with Gasteiger partial charge in [0.2, 0.25) is 5.91 Å². The first-order valence-corrected chi connectivity index (χ1v) is 6.35.